The van der Waals surface area contributed by atoms with Gasteiger partial charge in [0.15, 0.2) is 0 Å². The van der Waals surface area contributed by atoms with Crippen LogP contribution in [0.25, 0.3) is 0 Å². The number of sulfonamides is 1. The largest absolute Gasteiger partial charge is 0.351 e. The van der Waals surface area contributed by atoms with Crippen LogP contribution in [0.4, 0.5) is 0 Å². The first-order valence-electron chi connectivity index (χ1n) is 11.5. The highest BCUT2D eigenvalue weighted by molar-refractivity contribution is 7.89. The van der Waals surface area contributed by atoms with Crippen molar-refractivity contribution in [3.05, 3.63) is 64.7 Å². The summed E-state index contributed by atoms with van der Waals surface area (Å²) in [5, 5.41) is 3.41. The average molecular weight is 492 g/mol. The van der Waals surface area contributed by atoms with E-state index < -0.39 is 10.0 Å². The monoisotopic (exact) mass is 491 g/mol. The molecule has 2 aromatic rings. The molecule has 3 rings (SSSR count). The lowest BCUT2D eigenvalue weighted by atomic mass is 9.86. The van der Waals surface area contributed by atoms with Crippen LogP contribution in [-0.2, 0) is 16.6 Å². The minimum absolute atomic E-state index is 0.0616. The average Bonchev–Trinajstić information content (AvgIpc) is 2.78. The fourth-order valence-corrected chi connectivity index (χ4v) is 6.15. The quantitative estimate of drug-likeness (QED) is 0.564. The molecule has 2 atom stereocenters. The van der Waals surface area contributed by atoms with Gasteiger partial charge in [-0.2, -0.15) is 4.31 Å². The van der Waals surface area contributed by atoms with E-state index in [-0.39, 0.29) is 29.3 Å². The Morgan fingerprint density at radius 2 is 1.67 bits per heavy atom. The van der Waals surface area contributed by atoms with Crippen LogP contribution >= 0.6 is 11.6 Å². The van der Waals surface area contributed by atoms with Gasteiger partial charge < -0.3 is 10.2 Å². The number of likely N-dealkylation sites (N-methyl/N-ethyl adjacent to an activating group) is 1. The summed E-state index contributed by atoms with van der Waals surface area (Å²) >= 11 is 5.99. The van der Waals surface area contributed by atoms with Gasteiger partial charge in [0.05, 0.1) is 4.90 Å². The Morgan fingerprint density at radius 1 is 1.03 bits per heavy atom. The van der Waals surface area contributed by atoms with Gasteiger partial charge in [-0.1, -0.05) is 43.5 Å². The Hall–Kier alpha value is -1.93. The highest BCUT2D eigenvalue weighted by Crippen LogP contribution is 2.33. The smallest absolute Gasteiger partial charge is 0.251 e. The molecule has 0 bridgehead atoms. The van der Waals surface area contributed by atoms with Crippen molar-refractivity contribution < 1.29 is 13.2 Å². The van der Waals surface area contributed by atoms with Crippen molar-refractivity contribution in [2.24, 2.45) is 5.92 Å². The molecule has 1 fully saturated rings. The molecule has 1 saturated carbocycles. The van der Waals surface area contributed by atoms with Crippen molar-refractivity contribution in [3.63, 3.8) is 0 Å². The normalized spacial score (nSPS) is 19.1. The van der Waals surface area contributed by atoms with E-state index in [1.807, 2.05) is 31.1 Å². The number of hydrogen-bond acceptors (Lipinski definition) is 4. The van der Waals surface area contributed by atoms with Crippen molar-refractivity contribution in [3.8, 4) is 0 Å². The molecule has 1 aliphatic rings. The van der Waals surface area contributed by atoms with Gasteiger partial charge in [-0.05, 0) is 74.8 Å². The third-order valence-corrected chi connectivity index (χ3v) is 8.39. The minimum atomic E-state index is -3.70. The molecule has 1 N–H and O–H groups in total. The van der Waals surface area contributed by atoms with Crippen LogP contribution in [-0.4, -0.2) is 56.8 Å². The molecule has 2 unspecified atom stereocenters. The van der Waals surface area contributed by atoms with Crippen LogP contribution in [0.3, 0.4) is 0 Å². The van der Waals surface area contributed by atoms with Gasteiger partial charge in [0, 0.05) is 36.3 Å². The van der Waals surface area contributed by atoms with Crippen LogP contribution in [0, 0.1) is 5.92 Å². The molecule has 0 aliphatic heterocycles. The van der Waals surface area contributed by atoms with E-state index in [4.69, 9.17) is 11.6 Å². The van der Waals surface area contributed by atoms with Gasteiger partial charge in [0.25, 0.3) is 5.91 Å². The van der Waals surface area contributed by atoms with E-state index in [1.54, 1.807) is 40.7 Å². The SMILES string of the molecule is CC1CCCCC1N(Cc1ccc(C(=O)NCCN(C)C)cc1)S(=O)(=O)c1ccc(Cl)cc1. The lowest BCUT2D eigenvalue weighted by Gasteiger charge is -2.37. The third-order valence-electron chi connectivity index (χ3n) is 6.26. The molecule has 1 aliphatic carbocycles. The maximum absolute atomic E-state index is 13.7. The molecule has 0 saturated heterocycles. The molecule has 0 aromatic heterocycles. The topological polar surface area (TPSA) is 69.7 Å². The molecule has 0 radical (unpaired) electrons. The predicted octanol–water partition coefficient (Wildman–Crippen LogP) is 4.40. The predicted molar refractivity (Wildman–Crippen MR) is 133 cm³/mol. The summed E-state index contributed by atoms with van der Waals surface area (Å²) in [6.45, 7) is 3.74. The Morgan fingerprint density at radius 3 is 2.27 bits per heavy atom. The van der Waals surface area contributed by atoms with Crippen LogP contribution in [0.15, 0.2) is 53.4 Å². The van der Waals surface area contributed by atoms with Crippen molar-refractivity contribution in [2.75, 3.05) is 27.2 Å². The van der Waals surface area contributed by atoms with Gasteiger partial charge in [-0.3, -0.25) is 4.79 Å². The number of hydrogen-bond donors (Lipinski definition) is 1. The van der Waals surface area contributed by atoms with Gasteiger partial charge in [-0.15, -0.1) is 0 Å². The molecular formula is C25H34ClN3O3S. The fourth-order valence-electron chi connectivity index (χ4n) is 4.28. The van der Waals surface area contributed by atoms with E-state index in [0.29, 0.717) is 17.1 Å². The molecule has 6 nitrogen and oxygen atoms in total. The molecular weight excluding hydrogens is 458 g/mol. The van der Waals surface area contributed by atoms with Crippen LogP contribution in [0.5, 0.6) is 0 Å². The summed E-state index contributed by atoms with van der Waals surface area (Å²) in [7, 11) is 0.208. The van der Waals surface area contributed by atoms with E-state index in [9.17, 15) is 13.2 Å². The Kier molecular flexibility index (Phi) is 8.93. The highest BCUT2D eigenvalue weighted by Gasteiger charge is 2.36. The van der Waals surface area contributed by atoms with Gasteiger partial charge >= 0.3 is 0 Å². The minimum Gasteiger partial charge on any atom is -0.351 e. The number of rotatable bonds is 9. The lowest BCUT2D eigenvalue weighted by molar-refractivity contribution is 0.0951. The van der Waals surface area contributed by atoms with Crippen molar-refractivity contribution in [2.45, 2.75) is 50.1 Å². The van der Waals surface area contributed by atoms with Gasteiger partial charge in [0.1, 0.15) is 0 Å². The molecule has 180 valence electrons. The molecule has 33 heavy (non-hydrogen) atoms. The van der Waals surface area contributed by atoms with Crippen LogP contribution in [0.1, 0.15) is 48.5 Å². The number of halogens is 1. The summed E-state index contributed by atoms with van der Waals surface area (Å²) in [6, 6.07) is 13.5. The lowest BCUT2D eigenvalue weighted by Crippen LogP contribution is -2.44. The highest BCUT2D eigenvalue weighted by atomic mass is 35.5. The maximum Gasteiger partial charge on any atom is 0.251 e. The zero-order chi connectivity index (χ0) is 24.0. The number of benzene rings is 2. The first-order valence-corrected chi connectivity index (χ1v) is 13.3. The van der Waals surface area contributed by atoms with Crippen molar-refractivity contribution >= 4 is 27.5 Å². The van der Waals surface area contributed by atoms with Crippen molar-refractivity contribution in [1.29, 1.82) is 0 Å². The van der Waals surface area contributed by atoms with E-state index in [1.165, 1.54) is 0 Å². The zero-order valence-electron chi connectivity index (χ0n) is 19.6. The van der Waals surface area contributed by atoms with Crippen LogP contribution < -0.4 is 5.32 Å². The second-order valence-electron chi connectivity index (χ2n) is 9.09. The summed E-state index contributed by atoms with van der Waals surface area (Å²) in [4.78, 5) is 14.6. The third kappa shape index (κ3) is 6.79. The first kappa shape index (κ1) is 25.7. The number of carbonyl (C=O) groups excluding carboxylic acids is 1. The van der Waals surface area contributed by atoms with Crippen molar-refractivity contribution in [1.82, 2.24) is 14.5 Å². The van der Waals surface area contributed by atoms with E-state index in [2.05, 4.69) is 12.2 Å². The summed E-state index contributed by atoms with van der Waals surface area (Å²) in [6.07, 6.45) is 4.02. The number of carbonyl (C=O) groups is 1. The summed E-state index contributed by atoms with van der Waals surface area (Å²) in [5.74, 6) is 0.150. The zero-order valence-corrected chi connectivity index (χ0v) is 21.2. The second-order valence-corrected chi connectivity index (χ2v) is 11.4. The Balaban J connectivity index is 1.81. The molecule has 2 aromatic carbocycles. The van der Waals surface area contributed by atoms with E-state index in [0.717, 1.165) is 37.8 Å². The fraction of sp³-hybridized carbons (Fsp3) is 0.480. The first-order chi connectivity index (χ1) is 15.7. The second kappa shape index (κ2) is 11.5. The van der Waals surface area contributed by atoms with Crippen LogP contribution in [0.2, 0.25) is 5.02 Å². The number of nitrogens with one attached hydrogen (secondary N) is 1. The molecule has 1 amide bonds. The Bertz CT molecular complexity index is 1020. The standard InChI is InChI=1S/C25H34ClN3O3S/c1-19-6-4-5-7-24(19)29(33(31,32)23-14-12-22(26)13-15-23)18-20-8-10-21(11-9-20)25(30)27-16-17-28(2)3/h8-15,19,24H,4-7,16-18H2,1-3H3,(H,27,30). The molecule has 0 spiro atoms. The number of amides is 1. The van der Waals surface area contributed by atoms with E-state index >= 15 is 0 Å². The van der Waals surface area contributed by atoms with Gasteiger partial charge in [0.2, 0.25) is 10.0 Å². The maximum atomic E-state index is 13.7. The number of nitrogens with zero attached hydrogens (tertiary/aromatic N) is 2. The van der Waals surface area contributed by atoms with Gasteiger partial charge in [-0.25, -0.2) is 8.42 Å². The molecule has 8 heteroatoms. The summed E-state index contributed by atoms with van der Waals surface area (Å²) < 4.78 is 29.0. The Labute approximate surface area is 203 Å². The summed E-state index contributed by atoms with van der Waals surface area (Å²) in [5.41, 5.74) is 1.42. The molecule has 0 heterocycles.